The number of nitrogens with zero attached hydrogens (tertiary/aromatic N) is 2. The Balaban J connectivity index is 3.76. The first-order valence-electron chi connectivity index (χ1n) is 8.31. The second-order valence-electron chi connectivity index (χ2n) is 5.35. The van der Waals surface area contributed by atoms with E-state index in [1.165, 1.54) is 4.90 Å². The average molecular weight is 376 g/mol. The molecule has 0 unspecified atom stereocenters. The van der Waals surface area contributed by atoms with Crippen LogP contribution < -0.4 is 0 Å². The SMILES string of the molecule is C=COON(CCCCCCCCN(CC(=O)O)CC(=O)O)OOC=C. The Morgan fingerprint density at radius 3 is 1.62 bits per heavy atom. The maximum atomic E-state index is 10.7. The Labute approximate surface area is 152 Å². The van der Waals surface area contributed by atoms with Crippen LogP contribution in [0.2, 0.25) is 0 Å². The quantitative estimate of drug-likeness (QED) is 0.150. The lowest BCUT2D eigenvalue weighted by atomic mass is 10.1. The lowest BCUT2D eigenvalue weighted by Crippen LogP contribution is -2.35. The van der Waals surface area contributed by atoms with E-state index in [-0.39, 0.29) is 13.1 Å². The van der Waals surface area contributed by atoms with Gasteiger partial charge in [0.15, 0.2) is 0 Å². The van der Waals surface area contributed by atoms with Crippen molar-refractivity contribution in [3.8, 4) is 0 Å². The number of rotatable bonds is 19. The van der Waals surface area contributed by atoms with Gasteiger partial charge in [0.1, 0.15) is 12.5 Å². The fourth-order valence-electron chi connectivity index (χ4n) is 2.12. The van der Waals surface area contributed by atoms with Gasteiger partial charge in [-0.2, -0.15) is 0 Å². The van der Waals surface area contributed by atoms with Gasteiger partial charge in [-0.3, -0.25) is 14.5 Å². The van der Waals surface area contributed by atoms with Gasteiger partial charge in [-0.05, 0) is 19.4 Å². The molecule has 0 aliphatic carbocycles. The summed E-state index contributed by atoms with van der Waals surface area (Å²) < 4.78 is 0. The zero-order valence-electron chi connectivity index (χ0n) is 14.9. The number of unbranched alkanes of at least 4 members (excludes halogenated alkanes) is 5. The number of hydrogen-bond donors (Lipinski definition) is 2. The molecule has 0 bridgehead atoms. The molecule has 0 aromatic rings. The van der Waals surface area contributed by atoms with Crippen molar-refractivity contribution in [1.82, 2.24) is 10.1 Å². The second kappa shape index (κ2) is 16.3. The summed E-state index contributed by atoms with van der Waals surface area (Å²) in [5, 5.41) is 18.5. The highest BCUT2D eigenvalue weighted by molar-refractivity contribution is 5.72. The molecule has 26 heavy (non-hydrogen) atoms. The number of aliphatic carboxylic acids is 2. The van der Waals surface area contributed by atoms with E-state index < -0.39 is 11.9 Å². The minimum absolute atomic E-state index is 0.262. The molecule has 0 saturated carbocycles. The fourth-order valence-corrected chi connectivity index (χ4v) is 2.12. The van der Waals surface area contributed by atoms with Crippen LogP contribution in [0.15, 0.2) is 25.7 Å². The Morgan fingerprint density at radius 1 is 0.769 bits per heavy atom. The maximum absolute atomic E-state index is 10.7. The monoisotopic (exact) mass is 376 g/mol. The van der Waals surface area contributed by atoms with Crippen LogP contribution in [0.5, 0.6) is 0 Å². The van der Waals surface area contributed by atoms with Gasteiger partial charge in [0, 0.05) is 5.23 Å². The Bertz CT molecular complexity index is 391. The number of carbonyl (C=O) groups is 2. The molecule has 10 nitrogen and oxygen atoms in total. The van der Waals surface area contributed by atoms with Gasteiger partial charge in [-0.25, -0.2) is 0 Å². The standard InChI is InChI=1S/C16H28N2O8/c1-3-23-25-18(26-24-4-2)12-10-8-6-5-7-9-11-17(13-15(19)20)14-16(21)22/h3-4H,1-2,5-14H2,(H,19,20)(H,21,22). The highest BCUT2D eigenvalue weighted by Crippen LogP contribution is 2.08. The van der Waals surface area contributed by atoms with E-state index in [1.807, 2.05) is 0 Å². The Kier molecular flexibility index (Phi) is 15.0. The highest BCUT2D eigenvalue weighted by Gasteiger charge is 2.12. The van der Waals surface area contributed by atoms with Crippen molar-refractivity contribution in [2.45, 2.75) is 38.5 Å². The van der Waals surface area contributed by atoms with Crippen molar-refractivity contribution in [2.24, 2.45) is 0 Å². The number of carboxylic acids is 2. The van der Waals surface area contributed by atoms with Crippen LogP contribution in [-0.2, 0) is 29.3 Å². The molecule has 0 aromatic heterocycles. The topological polar surface area (TPSA) is 118 Å². The smallest absolute Gasteiger partial charge is 0.317 e. The van der Waals surface area contributed by atoms with E-state index in [0.717, 1.165) is 56.3 Å². The van der Waals surface area contributed by atoms with Crippen molar-refractivity contribution in [3.05, 3.63) is 25.7 Å². The molecule has 0 aliphatic heterocycles. The lowest BCUT2D eigenvalue weighted by molar-refractivity contribution is -0.581. The van der Waals surface area contributed by atoms with Gasteiger partial charge in [-0.15, -0.1) is 0 Å². The molecule has 0 rings (SSSR count). The third-order valence-electron chi connectivity index (χ3n) is 3.17. The van der Waals surface area contributed by atoms with Crippen LogP contribution in [0.3, 0.4) is 0 Å². The number of hydroxylamine groups is 2. The van der Waals surface area contributed by atoms with Gasteiger partial charge in [0.25, 0.3) is 0 Å². The predicted octanol–water partition coefficient (Wildman–Crippen LogP) is 2.11. The van der Waals surface area contributed by atoms with Crippen molar-refractivity contribution in [2.75, 3.05) is 26.2 Å². The third-order valence-corrected chi connectivity index (χ3v) is 3.17. The van der Waals surface area contributed by atoms with Gasteiger partial charge in [0.2, 0.25) is 0 Å². The molecular formula is C16H28N2O8. The van der Waals surface area contributed by atoms with Gasteiger partial charge in [0.05, 0.1) is 19.6 Å². The normalized spacial score (nSPS) is 10.7. The molecule has 0 radical (unpaired) electrons. The summed E-state index contributed by atoms with van der Waals surface area (Å²) in [5.74, 6) is -2.05. The molecule has 0 aromatic carbocycles. The number of hydrogen-bond acceptors (Lipinski definition) is 8. The van der Waals surface area contributed by atoms with Gasteiger partial charge >= 0.3 is 11.9 Å². The van der Waals surface area contributed by atoms with Crippen molar-refractivity contribution in [3.63, 3.8) is 0 Å². The van der Waals surface area contributed by atoms with Crippen molar-refractivity contribution < 1.29 is 39.6 Å². The molecular weight excluding hydrogens is 348 g/mol. The minimum atomic E-state index is -1.03. The molecule has 0 aliphatic rings. The van der Waals surface area contributed by atoms with Crippen molar-refractivity contribution in [1.29, 1.82) is 0 Å². The maximum Gasteiger partial charge on any atom is 0.317 e. The zero-order chi connectivity index (χ0) is 19.6. The Hall–Kier alpha value is -2.14. The predicted molar refractivity (Wildman–Crippen MR) is 90.9 cm³/mol. The van der Waals surface area contributed by atoms with Crippen LogP contribution in [0.1, 0.15) is 38.5 Å². The molecule has 0 fully saturated rings. The van der Waals surface area contributed by atoms with Crippen LogP contribution in [0, 0.1) is 0 Å². The summed E-state index contributed by atoms with van der Waals surface area (Å²) in [7, 11) is 0. The zero-order valence-corrected chi connectivity index (χ0v) is 14.9. The molecule has 150 valence electrons. The summed E-state index contributed by atoms with van der Waals surface area (Å²) in [6, 6.07) is 0. The lowest BCUT2D eigenvalue weighted by Gasteiger charge is -2.17. The van der Waals surface area contributed by atoms with E-state index in [9.17, 15) is 9.59 Å². The molecule has 10 heteroatoms. The highest BCUT2D eigenvalue weighted by atomic mass is 17.4. The van der Waals surface area contributed by atoms with E-state index >= 15 is 0 Å². The van der Waals surface area contributed by atoms with Crippen LogP contribution in [0.4, 0.5) is 0 Å². The van der Waals surface area contributed by atoms with Crippen LogP contribution >= 0.6 is 0 Å². The third kappa shape index (κ3) is 15.4. The summed E-state index contributed by atoms with van der Waals surface area (Å²) in [6.07, 6.45) is 7.46. The fraction of sp³-hybridized carbons (Fsp3) is 0.625. The first kappa shape index (κ1) is 23.9. The van der Waals surface area contributed by atoms with Gasteiger partial charge < -0.3 is 20.0 Å². The van der Waals surface area contributed by atoms with Gasteiger partial charge in [-0.1, -0.05) is 48.8 Å². The largest absolute Gasteiger partial charge is 0.480 e. The number of carboxylic acid groups (broad SMARTS) is 2. The van der Waals surface area contributed by atoms with E-state index in [0.29, 0.717) is 13.1 Å². The second-order valence-corrected chi connectivity index (χ2v) is 5.35. The van der Waals surface area contributed by atoms with E-state index in [4.69, 9.17) is 20.2 Å². The summed E-state index contributed by atoms with van der Waals surface area (Å²) in [5.41, 5.74) is 0. The molecule has 0 heterocycles. The Morgan fingerprint density at radius 2 is 1.19 bits per heavy atom. The summed E-state index contributed by atoms with van der Waals surface area (Å²) in [6.45, 7) is 7.01. The first-order valence-corrected chi connectivity index (χ1v) is 8.31. The molecule has 0 saturated heterocycles. The summed E-state index contributed by atoms with van der Waals surface area (Å²) >= 11 is 0. The van der Waals surface area contributed by atoms with E-state index in [2.05, 4.69) is 22.9 Å². The van der Waals surface area contributed by atoms with Crippen LogP contribution in [0.25, 0.3) is 0 Å². The average Bonchev–Trinajstić information content (AvgIpc) is 2.57. The van der Waals surface area contributed by atoms with E-state index in [1.54, 1.807) is 0 Å². The summed E-state index contributed by atoms with van der Waals surface area (Å²) in [4.78, 5) is 41.4. The van der Waals surface area contributed by atoms with Crippen LogP contribution in [-0.4, -0.2) is 58.5 Å². The minimum Gasteiger partial charge on any atom is -0.480 e. The molecule has 0 spiro atoms. The first-order chi connectivity index (χ1) is 12.5. The molecule has 0 atom stereocenters. The van der Waals surface area contributed by atoms with Crippen molar-refractivity contribution >= 4 is 11.9 Å². The molecule has 0 amide bonds. The molecule has 2 N–H and O–H groups in total.